The predicted molar refractivity (Wildman–Crippen MR) is 110 cm³/mol. The van der Waals surface area contributed by atoms with Crippen molar-refractivity contribution in [1.29, 1.82) is 0 Å². The number of carbonyl (C=O) groups excluding carboxylic acids is 1. The lowest BCUT2D eigenvalue weighted by Crippen LogP contribution is -2.38. The number of fused-ring (bicyclic) bond motifs is 1. The van der Waals surface area contributed by atoms with Crippen LogP contribution in [-0.4, -0.2) is 52.7 Å². The Morgan fingerprint density at radius 2 is 1.93 bits per heavy atom. The third kappa shape index (κ3) is 4.08. The lowest BCUT2D eigenvalue weighted by Gasteiger charge is -2.31. The minimum absolute atomic E-state index is 0.00897. The molecule has 7 nitrogen and oxygen atoms in total. The van der Waals surface area contributed by atoms with Gasteiger partial charge in [0.15, 0.2) is 5.65 Å². The zero-order valence-electron chi connectivity index (χ0n) is 16.6. The molecule has 0 bridgehead atoms. The van der Waals surface area contributed by atoms with Crippen molar-refractivity contribution in [2.75, 3.05) is 27.3 Å². The van der Waals surface area contributed by atoms with E-state index in [4.69, 9.17) is 9.47 Å². The molecule has 0 spiro atoms. The van der Waals surface area contributed by atoms with Gasteiger partial charge in [0.05, 0.1) is 14.2 Å². The van der Waals surface area contributed by atoms with Crippen molar-refractivity contribution in [3.05, 3.63) is 60.1 Å². The molecule has 0 saturated carbocycles. The van der Waals surface area contributed by atoms with Gasteiger partial charge in [0, 0.05) is 37.3 Å². The van der Waals surface area contributed by atoms with Crippen molar-refractivity contribution >= 4 is 17.6 Å². The van der Waals surface area contributed by atoms with Crippen molar-refractivity contribution in [2.24, 2.45) is 0 Å². The van der Waals surface area contributed by atoms with Gasteiger partial charge in [0.2, 0.25) is 5.91 Å². The largest absolute Gasteiger partial charge is 0.497 e. The van der Waals surface area contributed by atoms with E-state index in [9.17, 15) is 4.79 Å². The predicted octanol–water partition coefficient (Wildman–Crippen LogP) is 3.17. The second-order valence-corrected chi connectivity index (χ2v) is 7.09. The van der Waals surface area contributed by atoms with Crippen LogP contribution in [-0.2, 0) is 4.79 Å². The molecule has 1 atom stereocenters. The number of methoxy groups -OCH3 is 2. The number of benzene rings is 1. The van der Waals surface area contributed by atoms with Crippen LogP contribution in [0.5, 0.6) is 11.5 Å². The highest BCUT2D eigenvalue weighted by molar-refractivity contribution is 5.92. The van der Waals surface area contributed by atoms with Crippen molar-refractivity contribution in [3.8, 4) is 11.5 Å². The molecule has 3 aromatic rings. The number of nitrogens with zero attached hydrogens (tertiary/aromatic N) is 4. The van der Waals surface area contributed by atoms with Gasteiger partial charge in [-0.3, -0.25) is 9.20 Å². The number of hydrogen-bond donors (Lipinski definition) is 0. The van der Waals surface area contributed by atoms with E-state index < -0.39 is 0 Å². The Balaban J connectivity index is 1.48. The molecule has 3 heterocycles. The normalized spacial score (nSPS) is 17.0. The first-order chi connectivity index (χ1) is 14.2. The summed E-state index contributed by atoms with van der Waals surface area (Å²) < 4.78 is 12.6. The average molecular weight is 392 g/mol. The van der Waals surface area contributed by atoms with Gasteiger partial charge >= 0.3 is 0 Å². The van der Waals surface area contributed by atoms with Gasteiger partial charge in [-0.25, -0.2) is 0 Å². The number of likely N-dealkylation sites (tertiary alicyclic amines) is 1. The highest BCUT2D eigenvalue weighted by Crippen LogP contribution is 2.27. The highest BCUT2D eigenvalue weighted by Gasteiger charge is 2.27. The topological polar surface area (TPSA) is 69.0 Å². The number of pyridine rings is 1. The van der Waals surface area contributed by atoms with Gasteiger partial charge in [0.1, 0.15) is 17.3 Å². The lowest BCUT2D eigenvalue weighted by atomic mass is 9.97. The van der Waals surface area contributed by atoms with Gasteiger partial charge in [-0.05, 0) is 48.7 Å². The van der Waals surface area contributed by atoms with Crippen molar-refractivity contribution in [2.45, 2.75) is 18.8 Å². The summed E-state index contributed by atoms with van der Waals surface area (Å²) in [5.41, 5.74) is 1.68. The zero-order chi connectivity index (χ0) is 20.2. The van der Waals surface area contributed by atoms with E-state index in [0.29, 0.717) is 18.0 Å². The molecule has 1 fully saturated rings. The third-order valence-electron chi connectivity index (χ3n) is 5.23. The number of carbonyl (C=O) groups is 1. The third-order valence-corrected chi connectivity index (χ3v) is 5.23. The molecule has 0 aliphatic carbocycles. The monoisotopic (exact) mass is 392 g/mol. The van der Waals surface area contributed by atoms with E-state index in [2.05, 4.69) is 10.2 Å². The minimum atomic E-state index is -0.00897. The van der Waals surface area contributed by atoms with Crippen LogP contribution in [0.15, 0.2) is 48.7 Å². The molecular formula is C22H24N4O3. The summed E-state index contributed by atoms with van der Waals surface area (Å²) in [5.74, 6) is 2.46. The van der Waals surface area contributed by atoms with Crippen LogP contribution in [0.2, 0.25) is 0 Å². The maximum absolute atomic E-state index is 12.8. The standard InChI is InChI=1S/C22H24N4O3/c1-28-18-12-16(13-19(14-18)29-2)8-9-21(27)25-10-5-6-17(15-25)22-24-23-20-7-3-4-11-26(20)22/h3-4,7-9,11-14,17H,5-6,10,15H2,1-2H3/b9-8+. The molecule has 150 valence electrons. The van der Waals surface area contributed by atoms with E-state index in [1.807, 2.05) is 45.8 Å². The Hall–Kier alpha value is -3.35. The van der Waals surface area contributed by atoms with Crippen LogP contribution in [0, 0.1) is 0 Å². The number of hydrogen-bond acceptors (Lipinski definition) is 5. The molecule has 1 aromatic carbocycles. The number of amides is 1. The summed E-state index contributed by atoms with van der Waals surface area (Å²) in [6.45, 7) is 1.39. The maximum Gasteiger partial charge on any atom is 0.246 e. The molecule has 29 heavy (non-hydrogen) atoms. The van der Waals surface area contributed by atoms with Crippen LogP contribution < -0.4 is 9.47 Å². The smallest absolute Gasteiger partial charge is 0.246 e. The van der Waals surface area contributed by atoms with Gasteiger partial charge in [-0.2, -0.15) is 0 Å². The molecular weight excluding hydrogens is 368 g/mol. The van der Waals surface area contributed by atoms with E-state index >= 15 is 0 Å². The Kier molecular flexibility index (Phi) is 5.46. The van der Waals surface area contributed by atoms with Crippen LogP contribution >= 0.6 is 0 Å². The molecule has 1 saturated heterocycles. The minimum Gasteiger partial charge on any atom is -0.497 e. The zero-order valence-corrected chi connectivity index (χ0v) is 16.6. The SMILES string of the molecule is COc1cc(/C=C/C(=O)N2CCCC(c3nnc4ccccn34)C2)cc(OC)c1. The van der Waals surface area contributed by atoms with Crippen molar-refractivity contribution in [3.63, 3.8) is 0 Å². The summed E-state index contributed by atoms with van der Waals surface area (Å²) in [6, 6.07) is 11.4. The number of piperidine rings is 1. The van der Waals surface area contributed by atoms with Crippen molar-refractivity contribution < 1.29 is 14.3 Å². The Morgan fingerprint density at radius 1 is 1.14 bits per heavy atom. The summed E-state index contributed by atoms with van der Waals surface area (Å²) in [4.78, 5) is 14.7. The fourth-order valence-electron chi connectivity index (χ4n) is 3.72. The van der Waals surface area contributed by atoms with Crippen molar-refractivity contribution in [1.82, 2.24) is 19.5 Å². The molecule has 1 aliphatic heterocycles. The molecule has 1 unspecified atom stereocenters. The first-order valence-corrected chi connectivity index (χ1v) is 9.67. The van der Waals surface area contributed by atoms with E-state index in [1.54, 1.807) is 32.4 Å². The summed E-state index contributed by atoms with van der Waals surface area (Å²) in [6.07, 6.45) is 7.32. The first kappa shape index (κ1) is 19.0. The Morgan fingerprint density at radius 3 is 2.69 bits per heavy atom. The summed E-state index contributed by atoms with van der Waals surface area (Å²) in [5, 5.41) is 8.62. The molecule has 0 radical (unpaired) electrons. The maximum atomic E-state index is 12.8. The number of ether oxygens (including phenoxy) is 2. The Bertz CT molecular complexity index is 1020. The average Bonchev–Trinajstić information content (AvgIpc) is 3.21. The molecule has 1 aliphatic rings. The second kappa shape index (κ2) is 8.34. The van der Waals surface area contributed by atoms with Gasteiger partial charge in [-0.15, -0.1) is 10.2 Å². The Labute approximate surface area is 169 Å². The molecule has 1 amide bonds. The lowest BCUT2D eigenvalue weighted by molar-refractivity contribution is -0.127. The highest BCUT2D eigenvalue weighted by atomic mass is 16.5. The van der Waals surface area contributed by atoms with Gasteiger partial charge in [-0.1, -0.05) is 6.07 Å². The molecule has 0 N–H and O–H groups in total. The van der Waals surface area contributed by atoms with Crippen LogP contribution in [0.25, 0.3) is 11.7 Å². The molecule has 4 rings (SSSR count). The number of rotatable bonds is 5. The first-order valence-electron chi connectivity index (χ1n) is 9.67. The van der Waals surface area contributed by atoms with Crippen LogP contribution in [0.4, 0.5) is 0 Å². The quantitative estimate of drug-likeness (QED) is 0.624. The van der Waals surface area contributed by atoms with E-state index in [0.717, 1.165) is 36.4 Å². The van der Waals surface area contributed by atoms with Crippen LogP contribution in [0.3, 0.4) is 0 Å². The van der Waals surface area contributed by atoms with E-state index in [1.165, 1.54) is 0 Å². The fourth-order valence-corrected chi connectivity index (χ4v) is 3.72. The second-order valence-electron chi connectivity index (χ2n) is 7.09. The van der Waals surface area contributed by atoms with Crippen LogP contribution in [0.1, 0.15) is 30.1 Å². The van der Waals surface area contributed by atoms with Gasteiger partial charge < -0.3 is 14.4 Å². The fraction of sp³-hybridized carbons (Fsp3) is 0.318. The number of aromatic nitrogens is 3. The summed E-state index contributed by atoms with van der Waals surface area (Å²) >= 11 is 0. The van der Waals surface area contributed by atoms with E-state index in [-0.39, 0.29) is 11.8 Å². The molecule has 2 aromatic heterocycles. The molecule has 7 heteroatoms. The summed E-state index contributed by atoms with van der Waals surface area (Å²) in [7, 11) is 3.21. The van der Waals surface area contributed by atoms with Gasteiger partial charge in [0.25, 0.3) is 0 Å².